The second-order valence-electron chi connectivity index (χ2n) is 6.71. The van der Waals surface area contributed by atoms with E-state index in [2.05, 4.69) is 10.0 Å². The van der Waals surface area contributed by atoms with Crippen LogP contribution in [0.25, 0.3) is 0 Å². The number of nitrogens with one attached hydrogen (secondary N) is 2. The molecule has 0 aromatic heterocycles. The average Bonchev–Trinajstić information content (AvgIpc) is 2.67. The fraction of sp³-hybridized carbons (Fsp3) is 0.350. The molecule has 1 aliphatic rings. The first-order chi connectivity index (χ1) is 12.5. The van der Waals surface area contributed by atoms with E-state index in [1.54, 1.807) is 36.4 Å². The summed E-state index contributed by atoms with van der Waals surface area (Å²) in [6.45, 7) is 0.689. The number of anilines is 1. The molecule has 0 radical (unpaired) electrons. The minimum atomic E-state index is -3.67. The summed E-state index contributed by atoms with van der Waals surface area (Å²) >= 11 is 0. The number of carbonyl (C=O) groups excluding carboxylic acids is 1. The highest BCUT2D eigenvalue weighted by molar-refractivity contribution is 7.92. The van der Waals surface area contributed by atoms with Gasteiger partial charge in [0.15, 0.2) is 0 Å². The maximum atomic E-state index is 12.4. The lowest BCUT2D eigenvalue weighted by Gasteiger charge is -2.21. The highest BCUT2D eigenvalue weighted by Gasteiger charge is 2.17. The summed E-state index contributed by atoms with van der Waals surface area (Å²) in [6, 6.07) is 14.7. The van der Waals surface area contributed by atoms with Gasteiger partial charge in [0.1, 0.15) is 0 Å². The average molecular weight is 372 g/mol. The standard InChI is InChI=1S/C20H24N2O3S/c23-20(21-15-16-7-3-1-4-8-16)17-11-13-19(14-12-17)26(24,25)22-18-9-5-2-6-10-18/h2,5-6,9-14,16,22H,1,3-4,7-8,15H2,(H,21,23). The first kappa shape index (κ1) is 18.5. The summed E-state index contributed by atoms with van der Waals surface area (Å²) in [5.41, 5.74) is 0.973. The third kappa shape index (κ3) is 4.85. The van der Waals surface area contributed by atoms with E-state index in [4.69, 9.17) is 0 Å². The highest BCUT2D eigenvalue weighted by atomic mass is 32.2. The highest BCUT2D eigenvalue weighted by Crippen LogP contribution is 2.23. The molecule has 0 atom stereocenters. The van der Waals surface area contributed by atoms with Crippen molar-refractivity contribution in [3.8, 4) is 0 Å². The van der Waals surface area contributed by atoms with Crippen LogP contribution < -0.4 is 10.0 Å². The number of rotatable bonds is 6. The van der Waals surface area contributed by atoms with Gasteiger partial charge in [-0.25, -0.2) is 8.42 Å². The lowest BCUT2D eigenvalue weighted by molar-refractivity contribution is 0.0943. The van der Waals surface area contributed by atoms with Crippen molar-refractivity contribution in [2.24, 2.45) is 5.92 Å². The van der Waals surface area contributed by atoms with E-state index in [0.717, 1.165) is 0 Å². The Morgan fingerprint density at radius 1 is 0.923 bits per heavy atom. The topological polar surface area (TPSA) is 75.3 Å². The Kier molecular flexibility index (Phi) is 5.93. The monoisotopic (exact) mass is 372 g/mol. The molecule has 1 saturated carbocycles. The van der Waals surface area contributed by atoms with Gasteiger partial charge in [-0.15, -0.1) is 0 Å². The molecule has 1 fully saturated rings. The molecule has 138 valence electrons. The Labute approximate surface area is 154 Å². The lowest BCUT2D eigenvalue weighted by Crippen LogP contribution is -2.30. The van der Waals surface area contributed by atoms with Gasteiger partial charge in [-0.2, -0.15) is 0 Å². The zero-order valence-electron chi connectivity index (χ0n) is 14.6. The van der Waals surface area contributed by atoms with Crippen molar-refractivity contribution in [3.05, 3.63) is 60.2 Å². The molecule has 26 heavy (non-hydrogen) atoms. The van der Waals surface area contributed by atoms with Crippen molar-refractivity contribution >= 4 is 21.6 Å². The Hall–Kier alpha value is -2.34. The van der Waals surface area contributed by atoms with Crippen LogP contribution in [0.4, 0.5) is 5.69 Å². The summed E-state index contributed by atoms with van der Waals surface area (Å²) in [4.78, 5) is 12.4. The Balaban J connectivity index is 1.61. The fourth-order valence-corrected chi connectivity index (χ4v) is 4.29. The molecule has 3 rings (SSSR count). The Bertz CT molecular complexity index is 827. The van der Waals surface area contributed by atoms with Gasteiger partial charge in [0, 0.05) is 17.8 Å². The number of hydrogen-bond donors (Lipinski definition) is 2. The van der Waals surface area contributed by atoms with Crippen LogP contribution in [0.5, 0.6) is 0 Å². The van der Waals surface area contributed by atoms with E-state index in [-0.39, 0.29) is 10.8 Å². The van der Waals surface area contributed by atoms with Gasteiger partial charge in [0.25, 0.3) is 15.9 Å². The van der Waals surface area contributed by atoms with Crippen molar-refractivity contribution < 1.29 is 13.2 Å². The molecule has 0 spiro atoms. The van der Waals surface area contributed by atoms with Crippen LogP contribution in [-0.2, 0) is 10.0 Å². The summed E-state index contributed by atoms with van der Waals surface area (Å²) in [6.07, 6.45) is 6.10. The molecule has 0 saturated heterocycles. The molecule has 0 aliphatic heterocycles. The molecular formula is C20H24N2O3S. The second-order valence-corrected chi connectivity index (χ2v) is 8.39. The lowest BCUT2D eigenvalue weighted by atomic mass is 9.89. The van der Waals surface area contributed by atoms with E-state index in [1.807, 2.05) is 6.07 Å². The quantitative estimate of drug-likeness (QED) is 0.810. The Morgan fingerprint density at radius 2 is 1.58 bits per heavy atom. The van der Waals surface area contributed by atoms with Gasteiger partial charge in [-0.1, -0.05) is 37.5 Å². The van der Waals surface area contributed by atoms with Crippen molar-refractivity contribution in [3.63, 3.8) is 0 Å². The van der Waals surface area contributed by atoms with Crippen LogP contribution in [0.3, 0.4) is 0 Å². The van der Waals surface area contributed by atoms with Crippen LogP contribution >= 0.6 is 0 Å². The number of amides is 1. The summed E-state index contributed by atoms with van der Waals surface area (Å²) in [5, 5.41) is 2.96. The molecule has 2 aromatic carbocycles. The third-order valence-electron chi connectivity index (χ3n) is 4.73. The van der Waals surface area contributed by atoms with Gasteiger partial charge < -0.3 is 5.32 Å². The maximum Gasteiger partial charge on any atom is 0.261 e. The van der Waals surface area contributed by atoms with Crippen LogP contribution in [0.2, 0.25) is 0 Å². The van der Waals surface area contributed by atoms with Crippen molar-refractivity contribution in [2.75, 3.05) is 11.3 Å². The molecule has 0 unspecified atom stereocenters. The third-order valence-corrected chi connectivity index (χ3v) is 6.13. The first-order valence-corrected chi connectivity index (χ1v) is 10.5. The van der Waals surface area contributed by atoms with Crippen molar-refractivity contribution in [2.45, 2.75) is 37.0 Å². The fourth-order valence-electron chi connectivity index (χ4n) is 3.24. The molecular weight excluding hydrogens is 348 g/mol. The van der Waals surface area contributed by atoms with E-state index < -0.39 is 10.0 Å². The van der Waals surface area contributed by atoms with Gasteiger partial charge in [0.2, 0.25) is 0 Å². The predicted octanol–water partition coefficient (Wildman–Crippen LogP) is 3.80. The minimum Gasteiger partial charge on any atom is -0.352 e. The second kappa shape index (κ2) is 8.36. The number of carbonyl (C=O) groups is 1. The summed E-state index contributed by atoms with van der Waals surface area (Å²) in [5.74, 6) is 0.401. The molecule has 1 aliphatic carbocycles. The maximum absolute atomic E-state index is 12.4. The van der Waals surface area contributed by atoms with Crippen LogP contribution in [0, 0.1) is 5.92 Å². The largest absolute Gasteiger partial charge is 0.352 e. The van der Waals surface area contributed by atoms with Crippen molar-refractivity contribution in [1.82, 2.24) is 5.32 Å². The molecule has 2 aromatic rings. The number of benzene rings is 2. The van der Waals surface area contributed by atoms with E-state index in [1.165, 1.54) is 44.2 Å². The smallest absolute Gasteiger partial charge is 0.261 e. The van der Waals surface area contributed by atoms with E-state index in [0.29, 0.717) is 23.7 Å². The Morgan fingerprint density at radius 3 is 2.23 bits per heavy atom. The summed E-state index contributed by atoms with van der Waals surface area (Å²) < 4.78 is 27.3. The van der Waals surface area contributed by atoms with Crippen LogP contribution in [0.15, 0.2) is 59.5 Å². The zero-order chi connectivity index (χ0) is 18.4. The molecule has 5 nitrogen and oxygen atoms in total. The number of para-hydroxylation sites is 1. The summed E-state index contributed by atoms with van der Waals surface area (Å²) in [7, 11) is -3.67. The van der Waals surface area contributed by atoms with Crippen LogP contribution in [-0.4, -0.2) is 20.9 Å². The zero-order valence-corrected chi connectivity index (χ0v) is 15.5. The predicted molar refractivity (Wildman–Crippen MR) is 103 cm³/mol. The number of hydrogen-bond acceptors (Lipinski definition) is 3. The van der Waals surface area contributed by atoms with Crippen LogP contribution in [0.1, 0.15) is 42.5 Å². The SMILES string of the molecule is O=C(NCC1CCCCC1)c1ccc(S(=O)(=O)Nc2ccccc2)cc1. The van der Waals surface area contributed by atoms with Gasteiger partial charge in [-0.05, 0) is 55.2 Å². The molecule has 2 N–H and O–H groups in total. The molecule has 6 heteroatoms. The first-order valence-electron chi connectivity index (χ1n) is 9.01. The minimum absolute atomic E-state index is 0.130. The normalized spacial score (nSPS) is 15.4. The van der Waals surface area contributed by atoms with Gasteiger partial charge in [-0.3, -0.25) is 9.52 Å². The molecule has 1 amide bonds. The van der Waals surface area contributed by atoms with E-state index in [9.17, 15) is 13.2 Å². The van der Waals surface area contributed by atoms with Gasteiger partial charge in [0.05, 0.1) is 4.90 Å². The molecule has 0 heterocycles. The number of sulfonamides is 1. The van der Waals surface area contributed by atoms with E-state index >= 15 is 0 Å². The molecule has 0 bridgehead atoms. The van der Waals surface area contributed by atoms with Crippen molar-refractivity contribution in [1.29, 1.82) is 0 Å². The van der Waals surface area contributed by atoms with Gasteiger partial charge >= 0.3 is 0 Å².